The number of hydrogen-bond donors (Lipinski definition) is 1. The van der Waals surface area contributed by atoms with Gasteiger partial charge in [-0.25, -0.2) is 0 Å². The average molecular weight is 289 g/mol. The van der Waals surface area contributed by atoms with Crippen LogP contribution in [0.25, 0.3) is 0 Å². The lowest BCUT2D eigenvalue weighted by molar-refractivity contribution is 0.567. The second-order valence-electron chi connectivity index (χ2n) is 5.04. The van der Waals surface area contributed by atoms with Crippen molar-refractivity contribution in [3.63, 3.8) is 0 Å². The molecule has 0 atom stereocenters. The third-order valence-corrected chi connectivity index (χ3v) is 3.63. The number of rotatable bonds is 6. The molecule has 21 heavy (non-hydrogen) atoms. The Morgan fingerprint density at radius 2 is 2.00 bits per heavy atom. The number of nitrogens with one attached hydrogen (secondary N) is 1. The van der Waals surface area contributed by atoms with E-state index in [0.29, 0.717) is 24.9 Å². The fourth-order valence-corrected chi connectivity index (χ4v) is 2.43. The van der Waals surface area contributed by atoms with Gasteiger partial charge in [-0.15, -0.1) is 0 Å². The summed E-state index contributed by atoms with van der Waals surface area (Å²) in [5, 5.41) is 11.8. The Kier molecular flexibility index (Phi) is 5.55. The maximum atomic E-state index is 8.77. The molecule has 1 aliphatic rings. The smallest absolute Gasteiger partial charge is 0.231 e. The van der Waals surface area contributed by atoms with Gasteiger partial charge < -0.3 is 15.1 Å². The molecule has 0 bridgehead atoms. The highest BCUT2D eigenvalue weighted by molar-refractivity contribution is 5.45. The van der Waals surface area contributed by atoms with Gasteiger partial charge in [0.15, 0.2) is 0 Å². The Morgan fingerprint density at radius 1 is 1.24 bits per heavy atom. The third kappa shape index (κ3) is 3.94. The van der Waals surface area contributed by atoms with E-state index in [-0.39, 0.29) is 0 Å². The first-order chi connectivity index (χ1) is 10.3. The molecular weight excluding hydrogens is 266 g/mol. The van der Waals surface area contributed by atoms with Gasteiger partial charge in [-0.2, -0.15) is 20.2 Å². The molecule has 2 heterocycles. The minimum atomic E-state index is 0.466. The van der Waals surface area contributed by atoms with Crippen LogP contribution in [0.4, 0.5) is 17.8 Å². The van der Waals surface area contributed by atoms with Crippen molar-refractivity contribution >= 4 is 17.8 Å². The van der Waals surface area contributed by atoms with Crippen LogP contribution in [0.1, 0.15) is 32.6 Å². The maximum Gasteiger partial charge on any atom is 0.231 e. The Labute approximate surface area is 126 Å². The zero-order valence-corrected chi connectivity index (χ0v) is 12.8. The summed E-state index contributed by atoms with van der Waals surface area (Å²) >= 11 is 0. The number of hydrogen-bond acceptors (Lipinski definition) is 7. The van der Waals surface area contributed by atoms with Gasteiger partial charge in [0.05, 0.1) is 12.5 Å². The Balaban J connectivity index is 2.25. The van der Waals surface area contributed by atoms with Gasteiger partial charge in [-0.3, -0.25) is 0 Å². The molecule has 1 fully saturated rings. The van der Waals surface area contributed by atoms with Gasteiger partial charge in [-0.1, -0.05) is 0 Å². The summed E-state index contributed by atoms with van der Waals surface area (Å²) in [6, 6.07) is 2.17. The molecule has 2 rings (SSSR count). The molecule has 1 saturated heterocycles. The summed E-state index contributed by atoms with van der Waals surface area (Å²) in [7, 11) is 1.81. The van der Waals surface area contributed by atoms with Gasteiger partial charge in [0, 0.05) is 33.2 Å². The van der Waals surface area contributed by atoms with Crippen LogP contribution < -0.4 is 15.1 Å². The number of aromatic nitrogens is 3. The predicted molar refractivity (Wildman–Crippen MR) is 83.6 cm³/mol. The highest BCUT2D eigenvalue weighted by Crippen LogP contribution is 2.20. The lowest BCUT2D eigenvalue weighted by atomic mass is 10.1. The second kappa shape index (κ2) is 7.62. The highest BCUT2D eigenvalue weighted by atomic mass is 15.4. The largest absolute Gasteiger partial charge is 0.357 e. The number of anilines is 3. The number of nitriles is 1. The van der Waals surface area contributed by atoms with E-state index in [0.717, 1.165) is 25.6 Å². The first-order valence-corrected chi connectivity index (χ1v) is 7.59. The SMILES string of the molecule is CCN(CCC#N)c1nc(NC)nc(N2CCCCC2)n1. The normalized spacial score (nSPS) is 14.6. The first-order valence-electron chi connectivity index (χ1n) is 7.59. The van der Waals surface area contributed by atoms with E-state index in [9.17, 15) is 0 Å². The van der Waals surface area contributed by atoms with Crippen molar-refractivity contribution in [3.05, 3.63) is 0 Å². The van der Waals surface area contributed by atoms with Crippen molar-refractivity contribution < 1.29 is 0 Å². The van der Waals surface area contributed by atoms with Crippen molar-refractivity contribution in [2.24, 2.45) is 0 Å². The van der Waals surface area contributed by atoms with Crippen molar-refractivity contribution in [1.82, 2.24) is 15.0 Å². The molecule has 0 unspecified atom stereocenters. The molecule has 1 N–H and O–H groups in total. The summed E-state index contributed by atoms with van der Waals surface area (Å²) < 4.78 is 0. The molecule has 1 aromatic rings. The Hall–Kier alpha value is -2.10. The molecule has 1 aromatic heterocycles. The van der Waals surface area contributed by atoms with Crippen LogP contribution in [0.2, 0.25) is 0 Å². The zero-order valence-electron chi connectivity index (χ0n) is 12.8. The fourth-order valence-electron chi connectivity index (χ4n) is 2.43. The van der Waals surface area contributed by atoms with Crippen molar-refractivity contribution in [2.45, 2.75) is 32.6 Å². The summed E-state index contributed by atoms with van der Waals surface area (Å²) in [6.45, 7) is 5.45. The number of piperidine rings is 1. The molecule has 0 amide bonds. The molecule has 0 radical (unpaired) electrons. The van der Waals surface area contributed by atoms with Crippen LogP contribution in [-0.2, 0) is 0 Å². The highest BCUT2D eigenvalue weighted by Gasteiger charge is 2.18. The van der Waals surface area contributed by atoms with Gasteiger partial charge >= 0.3 is 0 Å². The van der Waals surface area contributed by atoms with E-state index in [1.807, 2.05) is 18.9 Å². The lowest BCUT2D eigenvalue weighted by Gasteiger charge is -2.28. The minimum Gasteiger partial charge on any atom is -0.357 e. The Morgan fingerprint density at radius 3 is 2.62 bits per heavy atom. The van der Waals surface area contributed by atoms with Crippen LogP contribution in [0.15, 0.2) is 0 Å². The molecule has 0 aliphatic carbocycles. The van der Waals surface area contributed by atoms with E-state index in [1.54, 1.807) is 0 Å². The summed E-state index contributed by atoms with van der Waals surface area (Å²) in [6.07, 6.45) is 4.10. The molecule has 0 saturated carbocycles. The second-order valence-corrected chi connectivity index (χ2v) is 5.04. The monoisotopic (exact) mass is 289 g/mol. The van der Waals surface area contributed by atoms with E-state index >= 15 is 0 Å². The summed E-state index contributed by atoms with van der Waals surface area (Å²) in [5.41, 5.74) is 0. The lowest BCUT2D eigenvalue weighted by Crippen LogP contribution is -2.33. The average Bonchev–Trinajstić information content (AvgIpc) is 2.56. The van der Waals surface area contributed by atoms with Crippen LogP contribution in [0.5, 0.6) is 0 Å². The molecule has 114 valence electrons. The van der Waals surface area contributed by atoms with Gasteiger partial charge in [0.1, 0.15) is 0 Å². The quantitative estimate of drug-likeness (QED) is 0.852. The Bertz CT molecular complexity index is 491. The molecular formula is C14H23N7. The topological polar surface area (TPSA) is 81.0 Å². The van der Waals surface area contributed by atoms with Crippen LogP contribution >= 0.6 is 0 Å². The predicted octanol–water partition coefficient (Wildman–Crippen LogP) is 1.64. The molecule has 7 nitrogen and oxygen atoms in total. The summed E-state index contributed by atoms with van der Waals surface area (Å²) in [4.78, 5) is 17.7. The van der Waals surface area contributed by atoms with E-state index in [2.05, 4.69) is 31.2 Å². The van der Waals surface area contributed by atoms with E-state index in [4.69, 9.17) is 5.26 Å². The van der Waals surface area contributed by atoms with Crippen LogP contribution in [0, 0.1) is 11.3 Å². The van der Waals surface area contributed by atoms with Crippen LogP contribution in [0.3, 0.4) is 0 Å². The van der Waals surface area contributed by atoms with Gasteiger partial charge in [-0.05, 0) is 26.2 Å². The van der Waals surface area contributed by atoms with Crippen molar-refractivity contribution in [1.29, 1.82) is 5.26 Å². The van der Waals surface area contributed by atoms with Crippen molar-refractivity contribution in [3.8, 4) is 6.07 Å². The molecule has 1 aliphatic heterocycles. The third-order valence-electron chi connectivity index (χ3n) is 3.63. The van der Waals surface area contributed by atoms with Gasteiger partial charge in [0.25, 0.3) is 0 Å². The van der Waals surface area contributed by atoms with Crippen molar-refractivity contribution in [2.75, 3.05) is 48.3 Å². The molecule has 0 aromatic carbocycles. The number of nitrogens with zero attached hydrogens (tertiary/aromatic N) is 6. The first kappa shape index (κ1) is 15.3. The van der Waals surface area contributed by atoms with Crippen LogP contribution in [-0.4, -0.2) is 48.2 Å². The fraction of sp³-hybridized carbons (Fsp3) is 0.714. The van der Waals surface area contributed by atoms with E-state index in [1.165, 1.54) is 19.3 Å². The standard InChI is InChI=1S/C14H23N7/c1-3-20(11-7-8-15)13-17-12(16-2)18-14(19-13)21-9-5-4-6-10-21/h3-7,9-11H2,1-2H3,(H,16,17,18,19). The minimum absolute atomic E-state index is 0.466. The zero-order chi connectivity index (χ0) is 15.1. The van der Waals surface area contributed by atoms with Gasteiger partial charge in [0.2, 0.25) is 17.8 Å². The maximum absolute atomic E-state index is 8.77. The molecule has 7 heteroatoms. The van der Waals surface area contributed by atoms with E-state index < -0.39 is 0 Å². The molecule has 0 spiro atoms. The summed E-state index contributed by atoms with van der Waals surface area (Å²) in [5.74, 6) is 1.96.